The number of hydrogen-bond acceptors (Lipinski definition) is 8. The van der Waals surface area contributed by atoms with Gasteiger partial charge in [0, 0.05) is 16.0 Å². The van der Waals surface area contributed by atoms with Gasteiger partial charge in [0.25, 0.3) is 0 Å². The zero-order chi connectivity index (χ0) is 24.5. The number of benzene rings is 1. The van der Waals surface area contributed by atoms with Crippen molar-refractivity contribution in [3.63, 3.8) is 0 Å². The second-order valence-corrected chi connectivity index (χ2v) is 9.38. The molecule has 2 unspecified atom stereocenters. The Morgan fingerprint density at radius 3 is 2.68 bits per heavy atom. The first-order chi connectivity index (χ1) is 16.4. The number of aliphatic carboxylic acids is 1. The summed E-state index contributed by atoms with van der Waals surface area (Å²) in [4.78, 5) is 52.9. The molecule has 0 radical (unpaired) electrons. The van der Waals surface area contributed by atoms with E-state index in [4.69, 9.17) is 4.74 Å². The number of nitrogens with one attached hydrogen (secondary N) is 2. The standard InChI is InChI=1S/C23H25N3O6S2/c1-2-32-20(28)11-15-12-34-23(25-15)26-19(27)13-33-16-7-5-6-14(10-16)24-21(29)17-8-3-4-9-18(17)22(30)31/h3-7,10,12,17-18H,2,8-9,11,13H2,1H3,(H,24,29)(H,30,31)(H,25,26,27). The average molecular weight is 504 g/mol. The number of anilines is 2. The summed E-state index contributed by atoms with van der Waals surface area (Å²) in [7, 11) is 0. The van der Waals surface area contributed by atoms with Gasteiger partial charge in [-0.2, -0.15) is 0 Å². The molecule has 1 heterocycles. The highest BCUT2D eigenvalue weighted by molar-refractivity contribution is 8.00. The second kappa shape index (κ2) is 12.3. The first-order valence-electron chi connectivity index (χ1n) is 10.7. The van der Waals surface area contributed by atoms with Gasteiger partial charge in [0.05, 0.1) is 36.3 Å². The maximum atomic E-state index is 12.7. The summed E-state index contributed by atoms with van der Waals surface area (Å²) in [5, 5.41) is 17.0. The van der Waals surface area contributed by atoms with E-state index in [0.717, 1.165) is 4.90 Å². The molecule has 0 fully saturated rings. The SMILES string of the molecule is CCOC(=O)Cc1csc(NC(=O)CSc2cccc(NC(=O)C3CC=CCC3C(=O)O)c2)n1. The minimum atomic E-state index is -0.979. The van der Waals surface area contributed by atoms with Crippen LogP contribution >= 0.6 is 23.1 Å². The Hall–Kier alpha value is -3.18. The Kier molecular flexibility index (Phi) is 9.23. The van der Waals surface area contributed by atoms with Gasteiger partial charge < -0.3 is 20.5 Å². The summed E-state index contributed by atoms with van der Waals surface area (Å²) in [5.41, 5.74) is 1.08. The number of esters is 1. The molecule has 2 atom stereocenters. The molecule has 34 heavy (non-hydrogen) atoms. The van der Waals surface area contributed by atoms with E-state index in [9.17, 15) is 24.3 Å². The zero-order valence-corrected chi connectivity index (χ0v) is 20.1. The number of thiazole rings is 1. The van der Waals surface area contributed by atoms with Crippen molar-refractivity contribution in [1.29, 1.82) is 0 Å². The highest BCUT2D eigenvalue weighted by Gasteiger charge is 2.33. The van der Waals surface area contributed by atoms with Gasteiger partial charge in [0.1, 0.15) is 0 Å². The number of carboxylic acid groups (broad SMARTS) is 1. The number of carbonyl (C=O) groups excluding carboxylic acids is 3. The lowest BCUT2D eigenvalue weighted by Gasteiger charge is -2.24. The summed E-state index contributed by atoms with van der Waals surface area (Å²) in [5.74, 6) is -3.18. The van der Waals surface area contributed by atoms with Crippen LogP contribution in [0.4, 0.5) is 10.8 Å². The second-order valence-electron chi connectivity index (χ2n) is 7.47. The molecule has 2 aromatic rings. The van der Waals surface area contributed by atoms with Crippen molar-refractivity contribution in [3.05, 3.63) is 47.5 Å². The molecule has 0 saturated carbocycles. The van der Waals surface area contributed by atoms with Crippen LogP contribution in [-0.4, -0.2) is 46.2 Å². The lowest BCUT2D eigenvalue weighted by molar-refractivity contribution is -0.146. The van der Waals surface area contributed by atoms with Gasteiger partial charge in [-0.1, -0.05) is 18.2 Å². The first kappa shape index (κ1) is 25.4. The predicted molar refractivity (Wildman–Crippen MR) is 130 cm³/mol. The molecule has 2 amide bonds. The number of nitrogens with zero attached hydrogens (tertiary/aromatic N) is 1. The number of thioether (sulfide) groups is 1. The monoisotopic (exact) mass is 503 g/mol. The van der Waals surface area contributed by atoms with E-state index in [2.05, 4.69) is 15.6 Å². The molecule has 0 aliphatic heterocycles. The number of carboxylic acids is 1. The van der Waals surface area contributed by atoms with E-state index in [1.54, 1.807) is 36.6 Å². The van der Waals surface area contributed by atoms with Crippen LogP contribution in [-0.2, 0) is 30.3 Å². The first-order valence-corrected chi connectivity index (χ1v) is 12.5. The largest absolute Gasteiger partial charge is 0.481 e. The topological polar surface area (TPSA) is 135 Å². The molecule has 0 saturated heterocycles. The molecule has 0 bridgehead atoms. The minimum Gasteiger partial charge on any atom is -0.481 e. The fourth-order valence-electron chi connectivity index (χ4n) is 3.39. The number of aromatic nitrogens is 1. The molecule has 1 aromatic heterocycles. The van der Waals surface area contributed by atoms with Crippen molar-refractivity contribution >= 4 is 57.7 Å². The van der Waals surface area contributed by atoms with Gasteiger partial charge in [-0.15, -0.1) is 23.1 Å². The Labute approximate surface area is 205 Å². The van der Waals surface area contributed by atoms with Crippen molar-refractivity contribution in [3.8, 4) is 0 Å². The highest BCUT2D eigenvalue weighted by Crippen LogP contribution is 2.28. The fourth-order valence-corrected chi connectivity index (χ4v) is 4.87. The van der Waals surface area contributed by atoms with Crippen molar-refractivity contribution in [2.24, 2.45) is 11.8 Å². The van der Waals surface area contributed by atoms with Gasteiger partial charge >= 0.3 is 11.9 Å². The lowest BCUT2D eigenvalue weighted by atomic mass is 9.82. The van der Waals surface area contributed by atoms with Crippen LogP contribution in [0.5, 0.6) is 0 Å². The number of rotatable bonds is 10. The molecule has 9 nitrogen and oxygen atoms in total. The van der Waals surface area contributed by atoms with E-state index >= 15 is 0 Å². The Morgan fingerprint density at radius 2 is 1.94 bits per heavy atom. The van der Waals surface area contributed by atoms with Crippen LogP contribution < -0.4 is 10.6 Å². The maximum Gasteiger partial charge on any atom is 0.311 e. The van der Waals surface area contributed by atoms with E-state index in [1.165, 1.54) is 23.1 Å². The molecule has 3 N–H and O–H groups in total. The summed E-state index contributed by atoms with van der Waals surface area (Å²) in [6.07, 6.45) is 4.39. The van der Waals surface area contributed by atoms with Gasteiger partial charge in [0.15, 0.2) is 5.13 Å². The molecule has 1 aliphatic rings. The Bertz CT molecular complexity index is 1080. The summed E-state index contributed by atoms with van der Waals surface area (Å²) in [6.45, 7) is 2.03. The molecule has 1 aromatic carbocycles. The predicted octanol–water partition coefficient (Wildman–Crippen LogP) is 3.59. The molecule has 1 aliphatic carbocycles. The molecule has 3 rings (SSSR count). The Morgan fingerprint density at radius 1 is 1.18 bits per heavy atom. The maximum absolute atomic E-state index is 12.7. The van der Waals surface area contributed by atoms with Crippen molar-refractivity contribution in [1.82, 2.24) is 4.98 Å². The quantitative estimate of drug-likeness (QED) is 0.254. The van der Waals surface area contributed by atoms with Crippen LogP contribution in [0, 0.1) is 11.8 Å². The molecular weight excluding hydrogens is 478 g/mol. The molecular formula is C23H25N3O6S2. The van der Waals surface area contributed by atoms with E-state index in [0.29, 0.717) is 36.0 Å². The van der Waals surface area contributed by atoms with Gasteiger partial charge in [-0.25, -0.2) is 4.98 Å². The third-order valence-corrected chi connectivity index (χ3v) is 6.79. The van der Waals surface area contributed by atoms with Crippen molar-refractivity contribution < 1.29 is 29.0 Å². The fraction of sp³-hybridized carbons (Fsp3) is 0.348. The summed E-state index contributed by atoms with van der Waals surface area (Å²) < 4.78 is 4.89. The smallest absolute Gasteiger partial charge is 0.311 e. The highest BCUT2D eigenvalue weighted by atomic mass is 32.2. The normalized spacial score (nSPS) is 17.1. The van der Waals surface area contributed by atoms with Gasteiger partial charge in [0.2, 0.25) is 11.8 Å². The Balaban J connectivity index is 1.50. The number of hydrogen-bond donors (Lipinski definition) is 3. The van der Waals surface area contributed by atoms with Gasteiger partial charge in [-0.05, 0) is 38.0 Å². The van der Waals surface area contributed by atoms with Crippen molar-refractivity contribution in [2.45, 2.75) is 31.1 Å². The van der Waals surface area contributed by atoms with E-state index in [-0.39, 0.29) is 30.0 Å². The van der Waals surface area contributed by atoms with E-state index < -0.39 is 17.8 Å². The lowest BCUT2D eigenvalue weighted by Crippen LogP contribution is -2.34. The van der Waals surface area contributed by atoms with Crippen LogP contribution in [0.25, 0.3) is 0 Å². The molecule has 11 heteroatoms. The summed E-state index contributed by atoms with van der Waals surface area (Å²) in [6, 6.07) is 7.04. The number of allylic oxidation sites excluding steroid dienone is 2. The van der Waals surface area contributed by atoms with Crippen molar-refractivity contribution in [2.75, 3.05) is 23.0 Å². The average Bonchev–Trinajstić information content (AvgIpc) is 3.24. The van der Waals surface area contributed by atoms with Crippen LogP contribution in [0.1, 0.15) is 25.5 Å². The van der Waals surface area contributed by atoms with Gasteiger partial charge in [-0.3, -0.25) is 19.2 Å². The van der Waals surface area contributed by atoms with Crippen LogP contribution in [0.3, 0.4) is 0 Å². The van der Waals surface area contributed by atoms with Crippen LogP contribution in [0.15, 0.2) is 46.7 Å². The van der Waals surface area contributed by atoms with Crippen LogP contribution in [0.2, 0.25) is 0 Å². The van der Waals surface area contributed by atoms with E-state index in [1.807, 2.05) is 12.1 Å². The number of carbonyl (C=O) groups is 4. The third-order valence-electron chi connectivity index (χ3n) is 4.99. The molecule has 0 spiro atoms. The molecule has 180 valence electrons. The zero-order valence-electron chi connectivity index (χ0n) is 18.5. The number of amides is 2. The third kappa shape index (κ3) is 7.42. The summed E-state index contributed by atoms with van der Waals surface area (Å²) >= 11 is 2.52. The minimum absolute atomic E-state index is 0.0534. The number of ether oxygens (including phenoxy) is 1.